The number of carbonyl (C=O) groups excluding carboxylic acids is 1. The molecule has 2 bridgehead atoms. The van der Waals surface area contributed by atoms with Crippen molar-refractivity contribution in [1.29, 1.82) is 0 Å². The Hall–Kier alpha value is -1.20. The van der Waals surface area contributed by atoms with E-state index in [0.29, 0.717) is 5.69 Å². The smallest absolute Gasteiger partial charge is 0.245 e. The third-order valence-electron chi connectivity index (χ3n) is 4.67. The van der Waals surface area contributed by atoms with Gasteiger partial charge in [-0.25, -0.2) is 4.39 Å². The monoisotopic (exact) mass is 355 g/mol. The predicted molar refractivity (Wildman–Crippen MR) is 91.4 cm³/mol. The van der Waals surface area contributed by atoms with Gasteiger partial charge in [0.15, 0.2) is 0 Å². The van der Waals surface area contributed by atoms with Gasteiger partial charge in [0.1, 0.15) is 10.6 Å². The van der Waals surface area contributed by atoms with Crippen molar-refractivity contribution in [2.24, 2.45) is 11.8 Å². The van der Waals surface area contributed by atoms with E-state index in [0.717, 1.165) is 6.42 Å². The standard InChI is InChI=1S/C17H19ClFNO2S/c1-10(2)23(22)17(12-4-3-11(9-12)15(17)18)16(21)20-14-7-5-13(19)6-8-14/h3-8,10-12,15H,9H2,1-2H3,(H,20,21)/t11-,12+,15+,17-,23?/m0/s1. The van der Waals surface area contributed by atoms with Crippen LogP contribution in [-0.4, -0.2) is 25.5 Å². The highest BCUT2D eigenvalue weighted by molar-refractivity contribution is 7.88. The van der Waals surface area contributed by atoms with Crippen LogP contribution in [0.15, 0.2) is 36.4 Å². The lowest BCUT2D eigenvalue weighted by molar-refractivity contribution is -0.119. The molecule has 1 fully saturated rings. The van der Waals surface area contributed by atoms with Crippen molar-refractivity contribution in [1.82, 2.24) is 0 Å². The fourth-order valence-electron chi connectivity index (χ4n) is 3.58. The average Bonchev–Trinajstić information content (AvgIpc) is 3.09. The number of allylic oxidation sites excluding steroid dienone is 2. The minimum atomic E-state index is -1.41. The van der Waals surface area contributed by atoms with Gasteiger partial charge in [-0.3, -0.25) is 9.00 Å². The molecule has 2 aliphatic rings. The van der Waals surface area contributed by atoms with Gasteiger partial charge in [-0.1, -0.05) is 26.0 Å². The van der Waals surface area contributed by atoms with Gasteiger partial charge in [-0.15, -0.1) is 11.6 Å². The minimum Gasteiger partial charge on any atom is -0.325 e. The molecule has 1 aromatic rings. The SMILES string of the molecule is CC(C)S(=O)[C@@]1(C(=O)Nc2ccc(F)cc2)[C@@H]2C=C[C@@H](C2)[C@H]1Cl. The molecule has 0 spiro atoms. The second-order valence-corrected chi connectivity index (χ2v) is 9.08. The van der Waals surface area contributed by atoms with Crippen LogP contribution in [0.2, 0.25) is 0 Å². The first kappa shape index (κ1) is 16.7. The summed E-state index contributed by atoms with van der Waals surface area (Å²) in [6.07, 6.45) is 4.74. The van der Waals surface area contributed by atoms with E-state index in [1.54, 1.807) is 0 Å². The molecule has 1 aromatic carbocycles. The number of hydrogen-bond acceptors (Lipinski definition) is 2. The summed E-state index contributed by atoms with van der Waals surface area (Å²) in [5.74, 6) is -0.767. The van der Waals surface area contributed by atoms with E-state index in [1.807, 2.05) is 26.0 Å². The van der Waals surface area contributed by atoms with Crippen LogP contribution in [0.5, 0.6) is 0 Å². The highest BCUT2D eigenvalue weighted by atomic mass is 35.5. The first-order valence-corrected chi connectivity index (χ1v) is 9.32. The molecule has 2 aliphatic carbocycles. The number of anilines is 1. The van der Waals surface area contributed by atoms with Crippen LogP contribution in [0.25, 0.3) is 0 Å². The van der Waals surface area contributed by atoms with E-state index in [4.69, 9.17) is 11.6 Å². The molecule has 0 aromatic heterocycles. The zero-order valence-corrected chi connectivity index (χ0v) is 14.5. The molecule has 6 heteroatoms. The van der Waals surface area contributed by atoms with Crippen molar-refractivity contribution in [3.05, 3.63) is 42.2 Å². The summed E-state index contributed by atoms with van der Waals surface area (Å²) < 4.78 is 24.9. The van der Waals surface area contributed by atoms with Crippen LogP contribution in [0.4, 0.5) is 10.1 Å². The number of rotatable bonds is 4. The number of amides is 1. The Kier molecular flexibility index (Phi) is 4.36. The van der Waals surface area contributed by atoms with Gasteiger partial charge in [0.2, 0.25) is 5.91 Å². The van der Waals surface area contributed by atoms with E-state index in [9.17, 15) is 13.4 Å². The van der Waals surface area contributed by atoms with Gasteiger partial charge in [-0.05, 0) is 36.6 Å². The zero-order valence-electron chi connectivity index (χ0n) is 13.0. The van der Waals surface area contributed by atoms with E-state index in [2.05, 4.69) is 5.32 Å². The Morgan fingerprint density at radius 2 is 2.00 bits per heavy atom. The Balaban J connectivity index is 1.96. The summed E-state index contributed by atoms with van der Waals surface area (Å²) in [5.41, 5.74) is 0.479. The van der Waals surface area contributed by atoms with Gasteiger partial charge in [0.05, 0.1) is 5.38 Å². The summed E-state index contributed by atoms with van der Waals surface area (Å²) in [7, 11) is -1.41. The van der Waals surface area contributed by atoms with Crippen molar-refractivity contribution in [3.63, 3.8) is 0 Å². The second kappa shape index (κ2) is 6.02. The molecule has 3 rings (SSSR count). The van der Waals surface area contributed by atoms with Crippen molar-refractivity contribution >= 4 is 34.0 Å². The van der Waals surface area contributed by atoms with Crippen LogP contribution >= 0.6 is 11.6 Å². The number of benzene rings is 1. The first-order valence-electron chi connectivity index (χ1n) is 7.67. The molecule has 0 heterocycles. The molecule has 1 unspecified atom stereocenters. The Labute approximate surface area is 142 Å². The first-order chi connectivity index (χ1) is 10.9. The van der Waals surface area contributed by atoms with Crippen molar-refractivity contribution in [2.45, 2.75) is 35.6 Å². The number of nitrogens with one attached hydrogen (secondary N) is 1. The van der Waals surface area contributed by atoms with Gasteiger partial charge >= 0.3 is 0 Å². The predicted octanol–water partition coefficient (Wildman–Crippen LogP) is 3.47. The molecule has 3 nitrogen and oxygen atoms in total. The quantitative estimate of drug-likeness (QED) is 0.664. The largest absolute Gasteiger partial charge is 0.325 e. The normalized spacial score (nSPS) is 33.2. The van der Waals surface area contributed by atoms with Gasteiger partial charge in [0.25, 0.3) is 0 Å². The highest BCUT2D eigenvalue weighted by Crippen LogP contribution is 2.53. The Bertz CT molecular complexity index is 676. The topological polar surface area (TPSA) is 46.2 Å². The molecule has 1 saturated carbocycles. The molecule has 0 radical (unpaired) electrons. The maximum Gasteiger partial charge on any atom is 0.245 e. The molecule has 1 amide bonds. The number of fused-ring (bicyclic) bond motifs is 2. The fraction of sp³-hybridized carbons (Fsp3) is 0.471. The van der Waals surface area contributed by atoms with Crippen LogP contribution in [0, 0.1) is 17.7 Å². The molecular weight excluding hydrogens is 337 g/mol. The molecule has 124 valence electrons. The zero-order chi connectivity index (χ0) is 16.8. The molecule has 1 N–H and O–H groups in total. The van der Waals surface area contributed by atoms with Crippen LogP contribution in [0.3, 0.4) is 0 Å². The summed E-state index contributed by atoms with van der Waals surface area (Å²) in [5, 5.41) is 2.11. The maximum atomic E-state index is 13.1. The summed E-state index contributed by atoms with van der Waals surface area (Å²) in [4.78, 5) is 13.1. The average molecular weight is 356 g/mol. The molecule has 0 aliphatic heterocycles. The second-order valence-electron chi connectivity index (χ2n) is 6.39. The lowest BCUT2D eigenvalue weighted by atomic mass is 9.90. The van der Waals surface area contributed by atoms with Gasteiger partial charge in [0, 0.05) is 27.7 Å². The summed E-state index contributed by atoms with van der Waals surface area (Å²) in [6, 6.07) is 5.54. The lowest BCUT2D eigenvalue weighted by Gasteiger charge is -2.37. The maximum absolute atomic E-state index is 13.1. The Morgan fingerprint density at radius 1 is 1.35 bits per heavy atom. The van der Waals surface area contributed by atoms with Crippen LogP contribution in [-0.2, 0) is 15.6 Å². The molecule has 0 saturated heterocycles. The summed E-state index contributed by atoms with van der Waals surface area (Å²) >= 11 is 6.59. The molecule has 23 heavy (non-hydrogen) atoms. The van der Waals surface area contributed by atoms with E-state index < -0.39 is 20.9 Å². The third-order valence-corrected chi connectivity index (χ3v) is 7.73. The number of hydrogen-bond donors (Lipinski definition) is 1. The van der Waals surface area contributed by atoms with Crippen LogP contribution in [0.1, 0.15) is 20.3 Å². The van der Waals surface area contributed by atoms with E-state index >= 15 is 0 Å². The Morgan fingerprint density at radius 3 is 2.52 bits per heavy atom. The molecular formula is C17H19ClFNO2S. The number of halogens is 2. The van der Waals surface area contributed by atoms with E-state index in [1.165, 1.54) is 24.3 Å². The van der Waals surface area contributed by atoms with Gasteiger partial charge < -0.3 is 5.32 Å². The van der Waals surface area contributed by atoms with Crippen LogP contribution < -0.4 is 5.32 Å². The van der Waals surface area contributed by atoms with Crippen molar-refractivity contribution < 1.29 is 13.4 Å². The minimum absolute atomic E-state index is 0.0725. The van der Waals surface area contributed by atoms with E-state index in [-0.39, 0.29) is 28.8 Å². The van der Waals surface area contributed by atoms with Gasteiger partial charge in [-0.2, -0.15) is 0 Å². The highest BCUT2D eigenvalue weighted by Gasteiger charge is 2.64. The number of alkyl halides is 1. The summed E-state index contributed by atoms with van der Waals surface area (Å²) in [6.45, 7) is 3.67. The third kappa shape index (κ3) is 2.54. The fourth-order valence-corrected chi connectivity index (χ4v) is 6.18. The van der Waals surface area contributed by atoms with Crippen molar-refractivity contribution in [2.75, 3.05) is 5.32 Å². The lowest BCUT2D eigenvalue weighted by Crippen LogP contribution is -2.57. The number of carbonyl (C=O) groups is 1. The van der Waals surface area contributed by atoms with Crippen molar-refractivity contribution in [3.8, 4) is 0 Å². The molecule has 5 atom stereocenters.